The highest BCUT2D eigenvalue weighted by Gasteiger charge is 2.17. The molecule has 0 aliphatic rings. The van der Waals surface area contributed by atoms with E-state index in [0.717, 1.165) is 23.3 Å². The lowest BCUT2D eigenvalue weighted by atomic mass is 9.92. The third-order valence-corrected chi connectivity index (χ3v) is 5.95. The Morgan fingerprint density at radius 3 is 1.69 bits per heavy atom. The van der Waals surface area contributed by atoms with E-state index >= 15 is 0 Å². The molecule has 1 nitrogen and oxygen atoms in total. The van der Waals surface area contributed by atoms with E-state index in [1.54, 1.807) is 0 Å². The Balaban J connectivity index is 1.81. The molecule has 32 heavy (non-hydrogen) atoms. The molecule has 0 saturated carbocycles. The zero-order valence-corrected chi connectivity index (χ0v) is 18.0. The summed E-state index contributed by atoms with van der Waals surface area (Å²) in [6, 6.07) is 40.6. The molecule has 154 valence electrons. The van der Waals surface area contributed by atoms with Crippen LogP contribution in [0.3, 0.4) is 0 Å². The fourth-order valence-electron chi connectivity index (χ4n) is 4.40. The minimum atomic E-state index is 0.00152. The first kappa shape index (κ1) is 20.0. The minimum Gasteiger partial charge on any atom is -0.276 e. The van der Waals surface area contributed by atoms with Gasteiger partial charge in [-0.05, 0) is 33.5 Å². The predicted octanol–water partition coefficient (Wildman–Crippen LogP) is 8.15. The molecule has 0 amide bonds. The first-order valence-corrected chi connectivity index (χ1v) is 11.0. The molecule has 0 aliphatic carbocycles. The molecule has 0 spiro atoms. The van der Waals surface area contributed by atoms with Crippen LogP contribution in [0.1, 0.15) is 29.2 Å². The number of hydrogen-bond acceptors (Lipinski definition) is 1. The van der Waals surface area contributed by atoms with E-state index in [0.29, 0.717) is 0 Å². The van der Waals surface area contributed by atoms with Gasteiger partial charge >= 0.3 is 0 Å². The summed E-state index contributed by atoms with van der Waals surface area (Å²) in [5, 5.41) is 4.87. The van der Waals surface area contributed by atoms with E-state index in [1.165, 1.54) is 27.1 Å². The highest BCUT2D eigenvalue weighted by Crippen LogP contribution is 2.30. The van der Waals surface area contributed by atoms with Crippen molar-refractivity contribution >= 4 is 27.3 Å². The summed E-state index contributed by atoms with van der Waals surface area (Å²) < 4.78 is 0. The van der Waals surface area contributed by atoms with Crippen molar-refractivity contribution in [3.8, 4) is 0 Å². The van der Waals surface area contributed by atoms with Gasteiger partial charge in [0.25, 0.3) is 0 Å². The lowest BCUT2D eigenvalue weighted by Crippen LogP contribution is -2.08. The van der Waals surface area contributed by atoms with Crippen molar-refractivity contribution in [3.63, 3.8) is 0 Å². The molecular weight excluding hydrogens is 386 g/mol. The summed E-state index contributed by atoms with van der Waals surface area (Å²) in [5.74, 6) is 0. The van der Waals surface area contributed by atoms with Gasteiger partial charge in [-0.3, -0.25) is 4.99 Å². The van der Waals surface area contributed by atoms with Crippen molar-refractivity contribution in [2.75, 3.05) is 0 Å². The van der Waals surface area contributed by atoms with Gasteiger partial charge in [0, 0.05) is 11.1 Å². The molecule has 0 radical (unpaired) electrons. The average molecular weight is 412 g/mol. The summed E-state index contributed by atoms with van der Waals surface area (Å²) in [6.07, 6.45) is 2.74. The summed E-state index contributed by atoms with van der Waals surface area (Å²) in [6.45, 7) is 4.01. The van der Waals surface area contributed by atoms with Crippen LogP contribution in [0.25, 0.3) is 21.5 Å². The molecule has 0 N–H and O–H groups in total. The molecule has 5 aromatic rings. The molecule has 0 bridgehead atoms. The first-order chi connectivity index (χ1) is 15.8. The Morgan fingerprint density at radius 2 is 1.12 bits per heavy atom. The number of hydrogen-bond donors (Lipinski definition) is 0. The standard InChI is InChI=1S/C31H25N/c1-2-12-30(25-15-4-3-5-16-25)32-31(28-21-10-17-23-13-6-8-19-26(23)28)29-22-11-18-24-14-7-9-20-27(24)29/h2-11,13-22,30H,1,12H2. The molecule has 0 saturated heterocycles. The molecule has 0 aromatic heterocycles. The molecular formula is C31H25N. The van der Waals surface area contributed by atoms with Crippen molar-refractivity contribution in [2.45, 2.75) is 12.5 Å². The first-order valence-electron chi connectivity index (χ1n) is 11.0. The Bertz CT molecular complexity index is 1320. The second-order valence-electron chi connectivity index (χ2n) is 7.98. The second-order valence-corrected chi connectivity index (χ2v) is 7.98. The van der Waals surface area contributed by atoms with Gasteiger partial charge in [0.2, 0.25) is 0 Å². The molecule has 1 atom stereocenters. The van der Waals surface area contributed by atoms with Crippen LogP contribution in [0.5, 0.6) is 0 Å². The number of rotatable bonds is 6. The topological polar surface area (TPSA) is 12.4 Å². The second kappa shape index (κ2) is 9.03. The van der Waals surface area contributed by atoms with E-state index in [-0.39, 0.29) is 6.04 Å². The van der Waals surface area contributed by atoms with Crippen LogP contribution in [-0.2, 0) is 0 Å². The Labute approximate surface area is 189 Å². The largest absolute Gasteiger partial charge is 0.276 e. The van der Waals surface area contributed by atoms with E-state index in [9.17, 15) is 0 Å². The van der Waals surface area contributed by atoms with Crippen LogP contribution in [0.15, 0.2) is 133 Å². The van der Waals surface area contributed by atoms with Crippen LogP contribution in [-0.4, -0.2) is 5.71 Å². The van der Waals surface area contributed by atoms with Crippen molar-refractivity contribution in [1.82, 2.24) is 0 Å². The molecule has 0 fully saturated rings. The Kier molecular flexibility index (Phi) is 5.63. The zero-order chi connectivity index (χ0) is 21.8. The lowest BCUT2D eigenvalue weighted by Gasteiger charge is -2.18. The highest BCUT2D eigenvalue weighted by molar-refractivity contribution is 6.24. The van der Waals surface area contributed by atoms with Gasteiger partial charge in [-0.2, -0.15) is 0 Å². The Morgan fingerprint density at radius 1 is 0.625 bits per heavy atom. The van der Waals surface area contributed by atoms with Crippen molar-refractivity contribution in [1.29, 1.82) is 0 Å². The van der Waals surface area contributed by atoms with Gasteiger partial charge < -0.3 is 0 Å². The summed E-state index contributed by atoms with van der Waals surface area (Å²) >= 11 is 0. The average Bonchev–Trinajstić information content (AvgIpc) is 2.87. The number of aliphatic imine (C=N–C) groups is 1. The van der Waals surface area contributed by atoms with Crippen molar-refractivity contribution < 1.29 is 0 Å². The maximum Gasteiger partial charge on any atom is 0.0791 e. The summed E-state index contributed by atoms with van der Waals surface area (Å²) in [7, 11) is 0. The SMILES string of the molecule is C=CCC(N=C(c1cccc2ccccc12)c1cccc2ccccc12)c1ccccc1. The van der Waals surface area contributed by atoms with Gasteiger partial charge in [-0.1, -0.05) is 121 Å². The van der Waals surface area contributed by atoms with E-state index in [2.05, 4.69) is 122 Å². The predicted molar refractivity (Wildman–Crippen MR) is 138 cm³/mol. The molecule has 1 unspecified atom stereocenters. The van der Waals surface area contributed by atoms with Crippen molar-refractivity contribution in [2.24, 2.45) is 4.99 Å². The molecule has 5 aromatic carbocycles. The lowest BCUT2D eigenvalue weighted by molar-refractivity contribution is 0.745. The molecule has 1 heteroatoms. The molecule has 0 aliphatic heterocycles. The van der Waals surface area contributed by atoms with Crippen LogP contribution in [0, 0.1) is 0 Å². The number of fused-ring (bicyclic) bond motifs is 2. The smallest absolute Gasteiger partial charge is 0.0791 e. The van der Waals surface area contributed by atoms with Gasteiger partial charge in [-0.15, -0.1) is 6.58 Å². The maximum atomic E-state index is 5.42. The molecule has 0 heterocycles. The quantitative estimate of drug-likeness (QED) is 0.197. The van der Waals surface area contributed by atoms with E-state index < -0.39 is 0 Å². The fraction of sp³-hybridized carbons (Fsp3) is 0.0645. The fourth-order valence-corrected chi connectivity index (χ4v) is 4.40. The van der Waals surface area contributed by atoms with Crippen LogP contribution >= 0.6 is 0 Å². The zero-order valence-electron chi connectivity index (χ0n) is 18.0. The maximum absolute atomic E-state index is 5.42. The van der Waals surface area contributed by atoms with Crippen LogP contribution in [0.2, 0.25) is 0 Å². The highest BCUT2D eigenvalue weighted by atomic mass is 14.8. The Hall–Kier alpha value is -3.97. The van der Waals surface area contributed by atoms with Crippen LogP contribution < -0.4 is 0 Å². The number of nitrogens with zero attached hydrogens (tertiary/aromatic N) is 1. The third kappa shape index (κ3) is 3.86. The normalized spacial score (nSPS) is 11.9. The van der Waals surface area contributed by atoms with Crippen molar-refractivity contribution in [3.05, 3.63) is 145 Å². The van der Waals surface area contributed by atoms with Gasteiger partial charge in [-0.25, -0.2) is 0 Å². The van der Waals surface area contributed by atoms with Gasteiger partial charge in [0.1, 0.15) is 0 Å². The van der Waals surface area contributed by atoms with Crippen LogP contribution in [0.4, 0.5) is 0 Å². The summed E-state index contributed by atoms with van der Waals surface area (Å²) in [4.78, 5) is 5.42. The minimum absolute atomic E-state index is 0.00152. The van der Waals surface area contributed by atoms with E-state index in [4.69, 9.17) is 4.99 Å². The molecule has 5 rings (SSSR count). The monoisotopic (exact) mass is 411 g/mol. The third-order valence-electron chi connectivity index (χ3n) is 5.95. The number of benzene rings is 5. The van der Waals surface area contributed by atoms with Gasteiger partial charge in [0.05, 0.1) is 11.8 Å². The van der Waals surface area contributed by atoms with E-state index in [1.807, 2.05) is 6.08 Å². The summed E-state index contributed by atoms with van der Waals surface area (Å²) in [5.41, 5.74) is 4.54. The van der Waals surface area contributed by atoms with Gasteiger partial charge in [0.15, 0.2) is 0 Å².